The van der Waals surface area contributed by atoms with Crippen LogP contribution in [0.2, 0.25) is 0 Å². The van der Waals surface area contributed by atoms with Gasteiger partial charge in [0.1, 0.15) is 5.52 Å². The molecule has 3 aromatic heterocycles. The highest BCUT2D eigenvalue weighted by Gasteiger charge is 2.18. The molecule has 0 fully saturated rings. The minimum atomic E-state index is 0.626. The van der Waals surface area contributed by atoms with Crippen LogP contribution in [0.15, 0.2) is 174 Å². The maximum atomic E-state index is 6.25. The predicted octanol–water partition coefficient (Wildman–Crippen LogP) is 12.4. The smallest absolute Gasteiger partial charge is 0.227 e. The summed E-state index contributed by atoms with van der Waals surface area (Å²) in [5.74, 6) is 2.56. The molecule has 244 valence electrons. The molecule has 5 nitrogen and oxygen atoms in total. The van der Waals surface area contributed by atoms with E-state index in [1.807, 2.05) is 108 Å². The fraction of sp³-hybridized carbons (Fsp3) is 0. The van der Waals surface area contributed by atoms with Gasteiger partial charge in [-0.15, -0.1) is 11.3 Å². The molecule has 0 aliphatic carbocycles. The molecular formula is C46H28N4OS. The van der Waals surface area contributed by atoms with Crippen LogP contribution in [0, 0.1) is 0 Å². The molecule has 0 spiro atoms. The summed E-state index contributed by atoms with van der Waals surface area (Å²) in [6, 6.07) is 58.2. The highest BCUT2D eigenvalue weighted by Crippen LogP contribution is 2.43. The second kappa shape index (κ2) is 12.5. The Morgan fingerprint density at radius 2 is 0.923 bits per heavy atom. The quantitative estimate of drug-likeness (QED) is 0.174. The molecule has 0 atom stereocenters. The summed E-state index contributed by atoms with van der Waals surface area (Å²) in [5.41, 5.74) is 9.91. The van der Waals surface area contributed by atoms with Crippen LogP contribution in [0.4, 0.5) is 0 Å². The van der Waals surface area contributed by atoms with E-state index in [1.54, 1.807) is 0 Å². The Kier molecular flexibility index (Phi) is 7.25. The van der Waals surface area contributed by atoms with Crippen molar-refractivity contribution in [1.82, 2.24) is 19.9 Å². The lowest BCUT2D eigenvalue weighted by molar-refractivity contribution is 0.620. The molecule has 0 bridgehead atoms. The molecule has 0 saturated carbocycles. The zero-order valence-corrected chi connectivity index (χ0v) is 28.6. The van der Waals surface area contributed by atoms with Gasteiger partial charge in [-0.2, -0.15) is 0 Å². The van der Waals surface area contributed by atoms with Gasteiger partial charge in [0.25, 0.3) is 0 Å². The van der Waals surface area contributed by atoms with Crippen LogP contribution < -0.4 is 0 Å². The number of hydrogen-bond acceptors (Lipinski definition) is 6. The summed E-state index contributed by atoms with van der Waals surface area (Å²) in [6.07, 6.45) is 0. The van der Waals surface area contributed by atoms with Gasteiger partial charge in [0.2, 0.25) is 5.89 Å². The first-order valence-electron chi connectivity index (χ1n) is 17.1. The van der Waals surface area contributed by atoms with Crippen molar-refractivity contribution < 1.29 is 4.42 Å². The van der Waals surface area contributed by atoms with Crippen molar-refractivity contribution in [3.63, 3.8) is 0 Å². The highest BCUT2D eigenvalue weighted by atomic mass is 32.1. The average molecular weight is 685 g/mol. The van der Waals surface area contributed by atoms with Gasteiger partial charge >= 0.3 is 0 Å². The number of oxazole rings is 1. The number of benzene rings is 7. The summed E-state index contributed by atoms with van der Waals surface area (Å²) >= 11 is 1.81. The summed E-state index contributed by atoms with van der Waals surface area (Å²) in [7, 11) is 0. The molecule has 0 saturated heterocycles. The molecule has 0 aliphatic rings. The van der Waals surface area contributed by atoms with Crippen LogP contribution in [0.3, 0.4) is 0 Å². The van der Waals surface area contributed by atoms with E-state index in [1.165, 1.54) is 20.2 Å². The van der Waals surface area contributed by atoms with E-state index in [-0.39, 0.29) is 0 Å². The van der Waals surface area contributed by atoms with E-state index in [0.29, 0.717) is 23.4 Å². The molecular weight excluding hydrogens is 657 g/mol. The highest BCUT2D eigenvalue weighted by molar-refractivity contribution is 7.26. The number of aromatic nitrogens is 4. The number of fused-ring (bicyclic) bond motifs is 4. The SMILES string of the molecule is c1ccc(-c2nc(-c3ccccc3)nc(-c3ccc(-c4ccc5sc6cccc(-c7cccc8oc(-c9ccccc9)nc78)c6c5c4)cc3)n2)cc1. The zero-order valence-electron chi connectivity index (χ0n) is 27.8. The Morgan fingerprint density at radius 1 is 0.385 bits per heavy atom. The Balaban J connectivity index is 1.05. The summed E-state index contributed by atoms with van der Waals surface area (Å²) in [4.78, 5) is 19.7. The van der Waals surface area contributed by atoms with Crippen molar-refractivity contribution in [3.05, 3.63) is 170 Å². The standard InChI is InChI=1S/C46H28N4OS/c1-4-12-30(13-5-1)43-48-44(31-14-6-2-7-15-31)50-45(49-43)32-24-22-29(23-25-32)34-26-27-39-37(28-34)41-35(18-11-21-40(41)52-39)36-19-10-20-38-42(36)47-46(51-38)33-16-8-3-9-17-33/h1-28H. The topological polar surface area (TPSA) is 64.7 Å². The maximum absolute atomic E-state index is 6.25. The molecule has 0 unspecified atom stereocenters. The lowest BCUT2D eigenvalue weighted by Crippen LogP contribution is -2.00. The van der Waals surface area contributed by atoms with E-state index in [0.717, 1.165) is 55.6 Å². The van der Waals surface area contributed by atoms with Gasteiger partial charge in [0, 0.05) is 48.0 Å². The molecule has 0 aliphatic heterocycles. The zero-order chi connectivity index (χ0) is 34.4. The van der Waals surface area contributed by atoms with Crippen molar-refractivity contribution >= 4 is 42.6 Å². The average Bonchev–Trinajstić information content (AvgIpc) is 3.84. The second-order valence-corrected chi connectivity index (χ2v) is 13.7. The van der Waals surface area contributed by atoms with Crippen LogP contribution in [0.1, 0.15) is 0 Å². The monoisotopic (exact) mass is 684 g/mol. The normalized spacial score (nSPS) is 11.5. The Labute approximate surface area is 303 Å². The molecule has 52 heavy (non-hydrogen) atoms. The first-order chi connectivity index (χ1) is 25.7. The number of rotatable bonds is 6. The van der Waals surface area contributed by atoms with Crippen LogP contribution in [0.25, 0.3) is 99.1 Å². The van der Waals surface area contributed by atoms with Crippen molar-refractivity contribution in [2.45, 2.75) is 0 Å². The maximum Gasteiger partial charge on any atom is 0.227 e. The van der Waals surface area contributed by atoms with Gasteiger partial charge in [-0.25, -0.2) is 19.9 Å². The van der Waals surface area contributed by atoms with Crippen LogP contribution in [-0.4, -0.2) is 19.9 Å². The first-order valence-corrected chi connectivity index (χ1v) is 18.0. The molecule has 6 heteroatoms. The lowest BCUT2D eigenvalue weighted by Gasteiger charge is -2.09. The Morgan fingerprint density at radius 3 is 1.58 bits per heavy atom. The van der Waals surface area contributed by atoms with Gasteiger partial charge in [-0.3, -0.25) is 0 Å². The van der Waals surface area contributed by atoms with Crippen LogP contribution >= 0.6 is 11.3 Å². The fourth-order valence-corrected chi connectivity index (χ4v) is 7.96. The number of para-hydroxylation sites is 1. The van der Waals surface area contributed by atoms with Gasteiger partial charge in [0.15, 0.2) is 23.1 Å². The molecule has 10 aromatic rings. The predicted molar refractivity (Wildman–Crippen MR) is 213 cm³/mol. The number of hydrogen-bond donors (Lipinski definition) is 0. The molecule has 10 rings (SSSR count). The minimum Gasteiger partial charge on any atom is -0.436 e. The van der Waals surface area contributed by atoms with Crippen molar-refractivity contribution in [2.24, 2.45) is 0 Å². The van der Waals surface area contributed by atoms with Crippen molar-refractivity contribution in [3.8, 4) is 67.9 Å². The summed E-state index contributed by atoms with van der Waals surface area (Å²) < 4.78 is 8.73. The van der Waals surface area contributed by atoms with E-state index >= 15 is 0 Å². The third-order valence-electron chi connectivity index (χ3n) is 9.40. The lowest BCUT2D eigenvalue weighted by atomic mass is 9.96. The third kappa shape index (κ3) is 5.34. The van der Waals surface area contributed by atoms with Crippen molar-refractivity contribution in [1.29, 1.82) is 0 Å². The summed E-state index contributed by atoms with van der Waals surface area (Å²) in [5, 5.41) is 2.45. The Hall–Kier alpha value is -6.76. The molecule has 0 radical (unpaired) electrons. The van der Waals surface area contributed by atoms with Crippen LogP contribution in [0.5, 0.6) is 0 Å². The van der Waals surface area contributed by atoms with Crippen molar-refractivity contribution in [2.75, 3.05) is 0 Å². The minimum absolute atomic E-state index is 0.626. The summed E-state index contributed by atoms with van der Waals surface area (Å²) in [6.45, 7) is 0. The third-order valence-corrected chi connectivity index (χ3v) is 10.5. The van der Waals surface area contributed by atoms with Gasteiger partial charge in [-0.05, 0) is 53.1 Å². The second-order valence-electron chi connectivity index (χ2n) is 12.6. The van der Waals surface area contributed by atoms with Gasteiger partial charge in [0.05, 0.1) is 0 Å². The van der Waals surface area contributed by atoms with E-state index < -0.39 is 0 Å². The number of thiophene rings is 1. The first kappa shape index (κ1) is 30.1. The van der Waals surface area contributed by atoms with E-state index in [9.17, 15) is 0 Å². The number of nitrogens with zero attached hydrogens (tertiary/aromatic N) is 4. The van der Waals surface area contributed by atoms with Gasteiger partial charge < -0.3 is 4.42 Å². The molecule has 0 amide bonds. The van der Waals surface area contributed by atoms with Crippen LogP contribution in [-0.2, 0) is 0 Å². The molecule has 3 heterocycles. The molecule has 7 aromatic carbocycles. The van der Waals surface area contributed by atoms with Gasteiger partial charge in [-0.1, -0.05) is 133 Å². The van der Waals surface area contributed by atoms with E-state index in [4.69, 9.17) is 24.4 Å². The molecule has 0 N–H and O–H groups in total. The van der Waals surface area contributed by atoms with E-state index in [2.05, 4.69) is 72.8 Å². The fourth-order valence-electron chi connectivity index (χ4n) is 6.85. The Bertz CT molecular complexity index is 2830. The largest absolute Gasteiger partial charge is 0.436 e.